The largest absolute Gasteiger partial charge is 0.467 e. The Morgan fingerprint density at radius 2 is 1.67 bits per heavy atom. The van der Waals surface area contributed by atoms with Gasteiger partial charge >= 0.3 is 5.97 Å². The molecule has 1 heterocycles. The first-order valence-corrected chi connectivity index (χ1v) is 9.13. The molecule has 0 saturated carbocycles. The second-order valence-electron chi connectivity index (χ2n) is 6.68. The van der Waals surface area contributed by atoms with Gasteiger partial charge in [0.1, 0.15) is 11.5 Å². The van der Waals surface area contributed by atoms with Gasteiger partial charge in [0, 0.05) is 6.07 Å². The van der Waals surface area contributed by atoms with Gasteiger partial charge < -0.3 is 10.1 Å². The fourth-order valence-corrected chi connectivity index (χ4v) is 3.15. The summed E-state index contributed by atoms with van der Waals surface area (Å²) in [5.74, 6) is -1.76. The Morgan fingerprint density at radius 1 is 1.03 bits per heavy atom. The van der Waals surface area contributed by atoms with E-state index in [1.165, 1.54) is 43.5 Å². The molecule has 8 heteroatoms. The van der Waals surface area contributed by atoms with Crippen LogP contribution in [0.5, 0.6) is 0 Å². The fourth-order valence-electron chi connectivity index (χ4n) is 3.15. The van der Waals surface area contributed by atoms with Gasteiger partial charge in [-0.2, -0.15) is 9.78 Å². The molecule has 0 radical (unpaired) electrons. The molecule has 0 fully saturated rings. The minimum atomic E-state index is -1.04. The predicted octanol–water partition coefficient (Wildman–Crippen LogP) is 2.63. The zero-order chi connectivity index (χ0) is 21.8. The quantitative estimate of drug-likeness (QED) is 0.655. The number of nitrogens with one attached hydrogen (secondary N) is 1. The molecular formula is C22H20FN3O4. The molecule has 2 aromatic carbocycles. The third-order valence-corrected chi connectivity index (χ3v) is 4.65. The number of carbonyl (C=O) groups excluding carboxylic acids is 2. The van der Waals surface area contributed by atoms with Gasteiger partial charge in [-0.15, -0.1) is 0 Å². The number of halogens is 1. The van der Waals surface area contributed by atoms with Crippen molar-refractivity contribution in [3.05, 3.63) is 93.2 Å². The number of nitrogens with zero attached hydrogens (tertiary/aromatic N) is 2. The van der Waals surface area contributed by atoms with Crippen LogP contribution in [-0.4, -0.2) is 28.8 Å². The summed E-state index contributed by atoms with van der Waals surface area (Å²) in [5, 5.41) is 6.70. The number of ether oxygens (including phenoxy) is 1. The molecule has 0 aliphatic carbocycles. The Balaban J connectivity index is 1.97. The lowest BCUT2D eigenvalue weighted by Gasteiger charge is -2.20. The van der Waals surface area contributed by atoms with Crippen molar-refractivity contribution >= 4 is 11.9 Å². The van der Waals surface area contributed by atoms with Crippen LogP contribution < -0.4 is 10.9 Å². The Bertz CT molecular complexity index is 1140. The average Bonchev–Trinajstić information content (AvgIpc) is 2.73. The summed E-state index contributed by atoms with van der Waals surface area (Å²) in [6.45, 7) is 3.66. The maximum absolute atomic E-state index is 13.2. The van der Waals surface area contributed by atoms with Crippen LogP contribution in [0.2, 0.25) is 0 Å². The lowest BCUT2D eigenvalue weighted by atomic mass is 9.96. The van der Waals surface area contributed by atoms with Crippen molar-refractivity contribution in [2.45, 2.75) is 19.9 Å². The second-order valence-corrected chi connectivity index (χ2v) is 6.68. The van der Waals surface area contributed by atoms with E-state index in [0.717, 1.165) is 15.8 Å². The number of carbonyl (C=O) groups is 2. The van der Waals surface area contributed by atoms with E-state index in [-0.39, 0.29) is 5.69 Å². The van der Waals surface area contributed by atoms with Crippen molar-refractivity contribution in [3.8, 4) is 5.69 Å². The molecule has 3 rings (SSSR count). The van der Waals surface area contributed by atoms with Gasteiger partial charge in [-0.3, -0.25) is 9.59 Å². The third-order valence-electron chi connectivity index (χ3n) is 4.65. The molecule has 3 aromatic rings. The lowest BCUT2D eigenvalue weighted by Crippen LogP contribution is -2.37. The highest BCUT2D eigenvalue weighted by Crippen LogP contribution is 2.23. The average molecular weight is 409 g/mol. The molecule has 30 heavy (non-hydrogen) atoms. The number of aryl methyl sites for hydroxylation is 2. The van der Waals surface area contributed by atoms with Gasteiger partial charge in [0.15, 0.2) is 6.04 Å². The highest BCUT2D eigenvalue weighted by Gasteiger charge is 2.27. The van der Waals surface area contributed by atoms with Crippen LogP contribution in [0.1, 0.15) is 33.2 Å². The summed E-state index contributed by atoms with van der Waals surface area (Å²) in [4.78, 5) is 37.4. The standard InChI is InChI=1S/C22H20FN3O4/c1-13-5-4-6-14(2)19(13)20(22(29)30-3)24-21(28)17-11-12-18(27)26(25-17)16-9-7-15(23)8-10-16/h4-12,20H,1-3H3,(H,24,28). The molecule has 1 amide bonds. The van der Waals surface area contributed by atoms with Gasteiger partial charge in [-0.05, 0) is 60.9 Å². The van der Waals surface area contributed by atoms with Crippen LogP contribution in [-0.2, 0) is 9.53 Å². The minimum Gasteiger partial charge on any atom is -0.467 e. The zero-order valence-corrected chi connectivity index (χ0v) is 16.7. The summed E-state index contributed by atoms with van der Waals surface area (Å²) in [6.07, 6.45) is 0. The first-order chi connectivity index (χ1) is 14.3. The molecule has 1 aromatic heterocycles. The van der Waals surface area contributed by atoms with Crippen molar-refractivity contribution < 1.29 is 18.7 Å². The Hall–Kier alpha value is -3.81. The molecule has 0 saturated heterocycles. The zero-order valence-electron chi connectivity index (χ0n) is 16.7. The topological polar surface area (TPSA) is 90.3 Å². The van der Waals surface area contributed by atoms with E-state index in [2.05, 4.69) is 10.4 Å². The highest BCUT2D eigenvalue weighted by atomic mass is 19.1. The SMILES string of the molecule is COC(=O)C(NC(=O)c1ccc(=O)n(-c2ccc(F)cc2)n1)c1c(C)cccc1C. The second kappa shape index (κ2) is 8.69. The summed E-state index contributed by atoms with van der Waals surface area (Å²) in [7, 11) is 1.24. The number of amides is 1. The molecule has 1 unspecified atom stereocenters. The van der Waals surface area contributed by atoms with E-state index < -0.39 is 29.3 Å². The van der Waals surface area contributed by atoms with E-state index >= 15 is 0 Å². The summed E-state index contributed by atoms with van der Waals surface area (Å²) >= 11 is 0. The Morgan fingerprint density at radius 3 is 2.27 bits per heavy atom. The molecule has 0 bridgehead atoms. The van der Waals surface area contributed by atoms with Crippen LogP contribution in [0.15, 0.2) is 59.4 Å². The van der Waals surface area contributed by atoms with Gasteiger partial charge in [0.25, 0.3) is 11.5 Å². The number of esters is 1. The van der Waals surface area contributed by atoms with Crippen LogP contribution in [0, 0.1) is 19.7 Å². The monoisotopic (exact) mass is 409 g/mol. The molecule has 154 valence electrons. The maximum atomic E-state index is 13.2. The normalized spacial score (nSPS) is 11.6. The smallest absolute Gasteiger partial charge is 0.333 e. The number of aromatic nitrogens is 2. The van der Waals surface area contributed by atoms with Crippen molar-refractivity contribution in [3.63, 3.8) is 0 Å². The van der Waals surface area contributed by atoms with Crippen molar-refractivity contribution in [1.82, 2.24) is 15.1 Å². The number of hydrogen-bond donors (Lipinski definition) is 1. The number of hydrogen-bond acceptors (Lipinski definition) is 5. The van der Waals surface area contributed by atoms with Crippen molar-refractivity contribution in [2.24, 2.45) is 0 Å². The summed E-state index contributed by atoms with van der Waals surface area (Å²) in [6, 6.07) is 12.0. The molecule has 1 N–H and O–H groups in total. The Kier molecular flexibility index (Phi) is 6.06. The van der Waals surface area contributed by atoms with Gasteiger partial charge in [-0.25, -0.2) is 9.18 Å². The maximum Gasteiger partial charge on any atom is 0.333 e. The number of benzene rings is 2. The van der Waals surface area contributed by atoms with E-state index in [1.54, 1.807) is 0 Å². The first-order valence-electron chi connectivity index (χ1n) is 9.13. The molecule has 7 nitrogen and oxygen atoms in total. The van der Waals surface area contributed by atoms with Gasteiger partial charge in [0.2, 0.25) is 0 Å². The molecule has 1 atom stereocenters. The third kappa shape index (κ3) is 4.27. The molecule has 0 aliphatic rings. The first kappa shape index (κ1) is 20.9. The van der Waals surface area contributed by atoms with Crippen LogP contribution in [0.3, 0.4) is 0 Å². The van der Waals surface area contributed by atoms with E-state index in [1.807, 2.05) is 32.0 Å². The van der Waals surface area contributed by atoms with Gasteiger partial charge in [-0.1, -0.05) is 18.2 Å². The molecular weight excluding hydrogens is 389 g/mol. The van der Waals surface area contributed by atoms with E-state index in [9.17, 15) is 18.8 Å². The minimum absolute atomic E-state index is 0.0842. The molecule has 0 aliphatic heterocycles. The highest BCUT2D eigenvalue weighted by molar-refractivity contribution is 5.95. The summed E-state index contributed by atoms with van der Waals surface area (Å²) in [5.41, 5.74) is 1.99. The summed E-state index contributed by atoms with van der Waals surface area (Å²) < 4.78 is 19.0. The number of methoxy groups -OCH3 is 1. The van der Waals surface area contributed by atoms with Crippen LogP contribution in [0.4, 0.5) is 4.39 Å². The van der Waals surface area contributed by atoms with Crippen molar-refractivity contribution in [2.75, 3.05) is 7.11 Å². The lowest BCUT2D eigenvalue weighted by molar-refractivity contribution is -0.143. The van der Waals surface area contributed by atoms with Crippen molar-refractivity contribution in [1.29, 1.82) is 0 Å². The predicted molar refractivity (Wildman–Crippen MR) is 108 cm³/mol. The van der Waals surface area contributed by atoms with Crippen LogP contribution in [0.25, 0.3) is 5.69 Å². The Labute approximate surface area is 172 Å². The van der Waals surface area contributed by atoms with E-state index in [0.29, 0.717) is 11.3 Å². The van der Waals surface area contributed by atoms with Gasteiger partial charge in [0.05, 0.1) is 12.8 Å². The molecule has 0 spiro atoms. The van der Waals surface area contributed by atoms with E-state index in [4.69, 9.17) is 4.74 Å². The number of rotatable bonds is 5. The fraction of sp³-hybridized carbons (Fsp3) is 0.182. The van der Waals surface area contributed by atoms with Crippen LogP contribution >= 0.6 is 0 Å².